The number of carbonyl (C=O) groups excluding carboxylic acids is 3. The fraction of sp³-hybridized carbons (Fsp3) is 0.0571. The molecule has 0 saturated heterocycles. The monoisotopic (exact) mass is 603 g/mol. The third-order valence-corrected chi connectivity index (χ3v) is 7.33. The average Bonchev–Trinajstić information content (AvgIpc) is 3.56. The lowest BCUT2D eigenvalue weighted by molar-refractivity contribution is -0.115. The molecule has 5 aromatic rings. The number of benzene rings is 4. The Labute approximate surface area is 259 Å². The van der Waals surface area contributed by atoms with Crippen LogP contribution >= 0.6 is 11.8 Å². The van der Waals surface area contributed by atoms with Gasteiger partial charge in [0.25, 0.3) is 11.8 Å². The van der Waals surface area contributed by atoms with Crippen molar-refractivity contribution in [2.24, 2.45) is 0 Å². The van der Waals surface area contributed by atoms with Gasteiger partial charge in [-0.05, 0) is 85.8 Å². The SMILES string of the molecule is CC(Sc1cccc(NC(=O)/C(=C/c2ccco2)NC(=O)c2ccccc2)c1)C(=O)Nc1ccc(Oc2ccccc2)cc1. The Hall–Kier alpha value is -5.54. The van der Waals surface area contributed by atoms with E-state index in [1.165, 1.54) is 24.1 Å². The number of hydrogen-bond donors (Lipinski definition) is 3. The Kier molecular flexibility index (Phi) is 9.91. The van der Waals surface area contributed by atoms with Crippen molar-refractivity contribution in [3.8, 4) is 11.5 Å². The molecule has 3 N–H and O–H groups in total. The van der Waals surface area contributed by atoms with E-state index >= 15 is 0 Å². The number of amides is 3. The van der Waals surface area contributed by atoms with Gasteiger partial charge in [-0.3, -0.25) is 14.4 Å². The van der Waals surface area contributed by atoms with E-state index in [1.54, 1.807) is 91.9 Å². The molecule has 0 radical (unpaired) electrons. The molecule has 0 fully saturated rings. The molecule has 1 atom stereocenters. The van der Waals surface area contributed by atoms with Crippen LogP contribution in [-0.2, 0) is 9.59 Å². The summed E-state index contributed by atoms with van der Waals surface area (Å²) in [4.78, 5) is 39.8. The number of ether oxygens (including phenoxy) is 1. The summed E-state index contributed by atoms with van der Waals surface area (Å²) >= 11 is 1.35. The van der Waals surface area contributed by atoms with E-state index in [0.717, 1.165) is 10.6 Å². The third-order valence-electron chi connectivity index (χ3n) is 6.23. The second kappa shape index (κ2) is 14.6. The zero-order chi connectivity index (χ0) is 30.7. The number of furan rings is 1. The fourth-order valence-corrected chi connectivity index (χ4v) is 4.96. The van der Waals surface area contributed by atoms with Crippen LogP contribution in [0.1, 0.15) is 23.0 Å². The highest BCUT2D eigenvalue weighted by atomic mass is 32.2. The van der Waals surface area contributed by atoms with Gasteiger partial charge in [-0.2, -0.15) is 0 Å². The first-order chi connectivity index (χ1) is 21.4. The minimum Gasteiger partial charge on any atom is -0.465 e. The molecular formula is C35H29N3O5S. The predicted octanol–water partition coefficient (Wildman–Crippen LogP) is 7.60. The van der Waals surface area contributed by atoms with Crippen LogP contribution in [0, 0.1) is 0 Å². The molecule has 0 saturated carbocycles. The highest BCUT2D eigenvalue weighted by Gasteiger charge is 2.18. The normalized spacial score (nSPS) is 11.7. The van der Waals surface area contributed by atoms with Crippen LogP contribution in [0.5, 0.6) is 11.5 Å². The fourth-order valence-electron chi connectivity index (χ4n) is 4.04. The average molecular weight is 604 g/mol. The van der Waals surface area contributed by atoms with Gasteiger partial charge in [0.1, 0.15) is 23.0 Å². The highest BCUT2D eigenvalue weighted by Crippen LogP contribution is 2.28. The lowest BCUT2D eigenvalue weighted by Crippen LogP contribution is -2.30. The zero-order valence-electron chi connectivity index (χ0n) is 23.7. The summed E-state index contributed by atoms with van der Waals surface area (Å²) in [5.41, 5.74) is 1.57. The van der Waals surface area contributed by atoms with E-state index in [2.05, 4.69) is 16.0 Å². The molecule has 220 valence electrons. The van der Waals surface area contributed by atoms with E-state index in [9.17, 15) is 14.4 Å². The minimum atomic E-state index is -0.529. The molecule has 0 aliphatic carbocycles. The molecule has 8 nitrogen and oxygen atoms in total. The molecule has 0 aliphatic rings. The van der Waals surface area contributed by atoms with Crippen LogP contribution < -0.4 is 20.7 Å². The molecule has 3 amide bonds. The number of anilines is 2. The number of nitrogens with one attached hydrogen (secondary N) is 3. The van der Waals surface area contributed by atoms with Crippen LogP contribution in [0.3, 0.4) is 0 Å². The van der Waals surface area contributed by atoms with Gasteiger partial charge in [-0.15, -0.1) is 11.8 Å². The lowest BCUT2D eigenvalue weighted by Gasteiger charge is -2.14. The topological polar surface area (TPSA) is 110 Å². The Bertz CT molecular complexity index is 1740. The maximum Gasteiger partial charge on any atom is 0.272 e. The number of thioether (sulfide) groups is 1. The van der Waals surface area contributed by atoms with Gasteiger partial charge < -0.3 is 25.1 Å². The van der Waals surface area contributed by atoms with E-state index in [0.29, 0.717) is 28.4 Å². The van der Waals surface area contributed by atoms with Crippen molar-refractivity contribution in [3.05, 3.63) is 145 Å². The summed E-state index contributed by atoms with van der Waals surface area (Å²) in [7, 11) is 0. The molecular weight excluding hydrogens is 574 g/mol. The van der Waals surface area contributed by atoms with Crippen molar-refractivity contribution < 1.29 is 23.5 Å². The van der Waals surface area contributed by atoms with Gasteiger partial charge in [-0.25, -0.2) is 0 Å². The van der Waals surface area contributed by atoms with Crippen molar-refractivity contribution in [1.82, 2.24) is 5.32 Å². The first kappa shape index (κ1) is 29.9. The Balaban J connectivity index is 1.20. The maximum absolute atomic E-state index is 13.3. The Morgan fingerprint density at radius 3 is 2.16 bits per heavy atom. The van der Waals surface area contributed by atoms with E-state index in [-0.39, 0.29) is 11.6 Å². The quantitative estimate of drug-likeness (QED) is 0.106. The molecule has 0 aliphatic heterocycles. The van der Waals surface area contributed by atoms with Crippen LogP contribution in [0.25, 0.3) is 6.08 Å². The van der Waals surface area contributed by atoms with Gasteiger partial charge >= 0.3 is 0 Å². The molecule has 1 unspecified atom stereocenters. The lowest BCUT2D eigenvalue weighted by atomic mass is 10.2. The Morgan fingerprint density at radius 1 is 0.750 bits per heavy atom. The Morgan fingerprint density at radius 2 is 1.45 bits per heavy atom. The van der Waals surface area contributed by atoms with E-state index < -0.39 is 17.1 Å². The van der Waals surface area contributed by atoms with Gasteiger partial charge in [0, 0.05) is 27.9 Å². The second-order valence-corrected chi connectivity index (χ2v) is 11.0. The standard InChI is InChI=1S/C35H29N3O5S/c1-24(33(39)36-26-17-19-29(20-18-26)43-28-13-6-3-7-14-28)44-31-16-8-12-27(22-31)37-35(41)32(23-30-15-9-21-42-30)38-34(40)25-10-4-2-5-11-25/h2-24H,1H3,(H,36,39)(H,37,41)(H,38,40)/b32-23-. The van der Waals surface area contributed by atoms with Gasteiger partial charge in [-0.1, -0.05) is 42.5 Å². The predicted molar refractivity (Wildman–Crippen MR) is 173 cm³/mol. The van der Waals surface area contributed by atoms with Crippen LogP contribution in [0.2, 0.25) is 0 Å². The van der Waals surface area contributed by atoms with Crippen molar-refractivity contribution in [3.63, 3.8) is 0 Å². The summed E-state index contributed by atoms with van der Waals surface area (Å²) in [5, 5.41) is 8.00. The van der Waals surface area contributed by atoms with Crippen molar-refractivity contribution in [2.75, 3.05) is 10.6 Å². The van der Waals surface area contributed by atoms with Gasteiger partial charge in [0.05, 0.1) is 11.5 Å². The van der Waals surface area contributed by atoms with Crippen LogP contribution in [-0.4, -0.2) is 23.0 Å². The summed E-state index contributed by atoms with van der Waals surface area (Å²) in [6.45, 7) is 1.81. The molecule has 0 spiro atoms. The van der Waals surface area contributed by atoms with Crippen molar-refractivity contribution in [2.45, 2.75) is 17.1 Å². The summed E-state index contributed by atoms with van der Waals surface area (Å²) in [6, 6.07) is 35.7. The van der Waals surface area contributed by atoms with Gasteiger partial charge in [0.15, 0.2) is 0 Å². The molecule has 4 aromatic carbocycles. The highest BCUT2D eigenvalue weighted by molar-refractivity contribution is 8.00. The smallest absolute Gasteiger partial charge is 0.272 e. The zero-order valence-corrected chi connectivity index (χ0v) is 24.5. The minimum absolute atomic E-state index is 0.0137. The van der Waals surface area contributed by atoms with E-state index in [1.807, 2.05) is 36.4 Å². The van der Waals surface area contributed by atoms with Crippen LogP contribution in [0.4, 0.5) is 11.4 Å². The third kappa shape index (κ3) is 8.50. The molecule has 1 aromatic heterocycles. The largest absolute Gasteiger partial charge is 0.465 e. The van der Waals surface area contributed by atoms with Gasteiger partial charge in [0.2, 0.25) is 5.91 Å². The first-order valence-electron chi connectivity index (χ1n) is 13.8. The summed E-state index contributed by atoms with van der Waals surface area (Å²) < 4.78 is 11.2. The number of carbonyl (C=O) groups is 3. The molecule has 44 heavy (non-hydrogen) atoms. The van der Waals surface area contributed by atoms with Crippen LogP contribution in [0.15, 0.2) is 143 Å². The summed E-state index contributed by atoms with van der Waals surface area (Å²) in [5.74, 6) is 0.672. The molecule has 9 heteroatoms. The van der Waals surface area contributed by atoms with Crippen molar-refractivity contribution in [1.29, 1.82) is 0 Å². The number of hydrogen-bond acceptors (Lipinski definition) is 6. The maximum atomic E-state index is 13.3. The van der Waals surface area contributed by atoms with E-state index in [4.69, 9.17) is 9.15 Å². The number of para-hydroxylation sites is 1. The summed E-state index contributed by atoms with van der Waals surface area (Å²) in [6.07, 6.45) is 2.94. The molecule has 1 heterocycles. The van der Waals surface area contributed by atoms with Crippen molar-refractivity contribution >= 4 is 46.9 Å². The molecule has 5 rings (SSSR count). The first-order valence-corrected chi connectivity index (χ1v) is 14.6. The molecule has 0 bridgehead atoms. The second-order valence-electron chi connectivity index (χ2n) is 9.56. The number of rotatable bonds is 11.